The first-order valence-electron chi connectivity index (χ1n) is 9.95. The molecule has 8 heteroatoms. The fourth-order valence-corrected chi connectivity index (χ4v) is 4.15. The monoisotopic (exact) mass is 400 g/mol. The molecular formula is C21H28N4O4. The average molecular weight is 400 g/mol. The molecule has 1 aromatic carbocycles. The van der Waals surface area contributed by atoms with Gasteiger partial charge in [0, 0.05) is 33.3 Å². The number of nitrogens with one attached hydrogen (secondary N) is 1. The standard InChI is InChI=1S/C21H28N4O4/c1-15(26)23(2)13-16-8-7-9-17(12-16)22-18(27)14-25-19(28)21(24(3)20(25)29)10-5-4-6-11-21/h7-9,12H,4-6,10-11,13-14H2,1-3H3,(H,22,27). The Bertz CT molecular complexity index is 832. The summed E-state index contributed by atoms with van der Waals surface area (Å²) in [5.41, 5.74) is 0.645. The lowest BCUT2D eigenvalue weighted by Crippen LogP contribution is -2.49. The normalized spacial score (nSPS) is 18.3. The predicted octanol–water partition coefficient (Wildman–Crippen LogP) is 2.20. The SMILES string of the molecule is CC(=O)N(C)Cc1cccc(NC(=O)CN2C(=O)N(C)C3(CCCCC3)C2=O)c1. The number of carbonyl (C=O) groups excluding carboxylic acids is 4. The third-order valence-electron chi connectivity index (χ3n) is 5.95. The molecule has 1 spiro atoms. The van der Waals surface area contributed by atoms with E-state index >= 15 is 0 Å². The van der Waals surface area contributed by atoms with E-state index in [9.17, 15) is 19.2 Å². The molecule has 1 aromatic rings. The van der Waals surface area contributed by atoms with Gasteiger partial charge in [0.25, 0.3) is 5.91 Å². The van der Waals surface area contributed by atoms with Crippen molar-refractivity contribution in [2.24, 2.45) is 0 Å². The van der Waals surface area contributed by atoms with Crippen LogP contribution in [0.4, 0.5) is 10.5 Å². The number of rotatable bonds is 5. The van der Waals surface area contributed by atoms with Crippen molar-refractivity contribution in [2.75, 3.05) is 26.0 Å². The van der Waals surface area contributed by atoms with Crippen LogP contribution in [-0.2, 0) is 20.9 Å². The van der Waals surface area contributed by atoms with E-state index in [0.29, 0.717) is 25.1 Å². The topological polar surface area (TPSA) is 90.0 Å². The van der Waals surface area contributed by atoms with E-state index in [1.165, 1.54) is 11.8 Å². The zero-order valence-electron chi connectivity index (χ0n) is 17.2. The maximum absolute atomic E-state index is 13.0. The summed E-state index contributed by atoms with van der Waals surface area (Å²) >= 11 is 0. The molecule has 1 aliphatic carbocycles. The third-order valence-corrected chi connectivity index (χ3v) is 5.95. The van der Waals surface area contributed by atoms with Crippen LogP contribution in [0.15, 0.2) is 24.3 Å². The third kappa shape index (κ3) is 4.11. The van der Waals surface area contributed by atoms with Gasteiger partial charge in [-0.25, -0.2) is 4.79 Å². The molecule has 1 saturated heterocycles. The van der Waals surface area contributed by atoms with E-state index in [1.54, 1.807) is 37.2 Å². The first kappa shape index (κ1) is 20.8. The van der Waals surface area contributed by atoms with Gasteiger partial charge in [-0.2, -0.15) is 0 Å². The number of hydrogen-bond acceptors (Lipinski definition) is 4. The van der Waals surface area contributed by atoms with Crippen molar-refractivity contribution in [3.8, 4) is 0 Å². The molecule has 5 amide bonds. The maximum atomic E-state index is 13.0. The molecule has 0 radical (unpaired) electrons. The molecule has 29 heavy (non-hydrogen) atoms. The lowest BCUT2D eigenvalue weighted by Gasteiger charge is -2.35. The molecule has 0 aromatic heterocycles. The summed E-state index contributed by atoms with van der Waals surface area (Å²) in [7, 11) is 3.36. The van der Waals surface area contributed by atoms with Crippen LogP contribution in [0.25, 0.3) is 0 Å². The van der Waals surface area contributed by atoms with E-state index < -0.39 is 17.5 Å². The lowest BCUT2D eigenvalue weighted by atomic mass is 9.81. The number of nitrogens with zero attached hydrogens (tertiary/aromatic N) is 3. The lowest BCUT2D eigenvalue weighted by molar-refractivity contribution is -0.136. The van der Waals surface area contributed by atoms with Gasteiger partial charge in [0.05, 0.1) is 0 Å². The van der Waals surface area contributed by atoms with Crippen LogP contribution >= 0.6 is 0 Å². The second-order valence-corrected chi connectivity index (χ2v) is 7.95. The summed E-state index contributed by atoms with van der Waals surface area (Å²) in [4.78, 5) is 53.7. The highest BCUT2D eigenvalue weighted by Crippen LogP contribution is 2.39. The summed E-state index contributed by atoms with van der Waals surface area (Å²) in [6.45, 7) is 1.61. The number of likely N-dealkylation sites (N-methyl/N-ethyl adjacent to an activating group) is 1. The molecule has 1 heterocycles. The predicted molar refractivity (Wildman–Crippen MR) is 108 cm³/mol. The molecule has 156 valence electrons. The molecule has 1 N–H and O–H groups in total. The Morgan fingerprint density at radius 3 is 2.52 bits per heavy atom. The zero-order chi connectivity index (χ0) is 21.2. The van der Waals surface area contributed by atoms with Crippen LogP contribution < -0.4 is 5.32 Å². The van der Waals surface area contributed by atoms with Crippen LogP contribution in [0.2, 0.25) is 0 Å². The van der Waals surface area contributed by atoms with E-state index in [0.717, 1.165) is 29.7 Å². The zero-order valence-corrected chi connectivity index (χ0v) is 17.2. The number of carbonyl (C=O) groups is 4. The van der Waals surface area contributed by atoms with Crippen molar-refractivity contribution >= 4 is 29.4 Å². The van der Waals surface area contributed by atoms with Crippen molar-refractivity contribution < 1.29 is 19.2 Å². The number of imide groups is 1. The average Bonchev–Trinajstić information content (AvgIpc) is 2.85. The second kappa shape index (κ2) is 8.23. The number of urea groups is 1. The minimum absolute atomic E-state index is 0.0498. The molecule has 3 rings (SSSR count). The van der Waals surface area contributed by atoms with Gasteiger partial charge in [-0.1, -0.05) is 31.4 Å². The van der Waals surface area contributed by atoms with Crippen LogP contribution in [0.3, 0.4) is 0 Å². The van der Waals surface area contributed by atoms with Gasteiger partial charge in [0.2, 0.25) is 11.8 Å². The van der Waals surface area contributed by atoms with Crippen LogP contribution in [0.1, 0.15) is 44.6 Å². The molecular weight excluding hydrogens is 372 g/mol. The molecule has 0 atom stereocenters. The van der Waals surface area contributed by atoms with Crippen LogP contribution in [0, 0.1) is 0 Å². The molecule has 1 aliphatic heterocycles. The quantitative estimate of drug-likeness (QED) is 0.768. The van der Waals surface area contributed by atoms with Crippen molar-refractivity contribution in [3.05, 3.63) is 29.8 Å². The van der Waals surface area contributed by atoms with Crippen molar-refractivity contribution in [1.29, 1.82) is 0 Å². The number of benzene rings is 1. The Morgan fingerprint density at radius 2 is 1.86 bits per heavy atom. The Kier molecular flexibility index (Phi) is 5.91. The molecule has 0 unspecified atom stereocenters. The first-order valence-corrected chi connectivity index (χ1v) is 9.95. The fraction of sp³-hybridized carbons (Fsp3) is 0.524. The highest BCUT2D eigenvalue weighted by Gasteiger charge is 2.55. The van der Waals surface area contributed by atoms with E-state index in [2.05, 4.69) is 5.32 Å². The molecule has 2 fully saturated rings. The molecule has 1 saturated carbocycles. The van der Waals surface area contributed by atoms with Crippen LogP contribution in [-0.4, -0.2) is 64.6 Å². The fourth-order valence-electron chi connectivity index (χ4n) is 4.15. The van der Waals surface area contributed by atoms with Gasteiger partial charge in [0.15, 0.2) is 0 Å². The first-order chi connectivity index (χ1) is 13.7. The smallest absolute Gasteiger partial charge is 0.327 e. The summed E-state index contributed by atoms with van der Waals surface area (Å²) in [6, 6.07) is 6.75. The maximum Gasteiger partial charge on any atom is 0.327 e. The largest absolute Gasteiger partial charge is 0.342 e. The summed E-state index contributed by atoms with van der Waals surface area (Å²) in [6.07, 6.45) is 4.18. The highest BCUT2D eigenvalue weighted by atomic mass is 16.2. The van der Waals surface area contributed by atoms with E-state index in [1.807, 2.05) is 6.07 Å². The van der Waals surface area contributed by atoms with Gasteiger partial charge < -0.3 is 15.1 Å². The summed E-state index contributed by atoms with van der Waals surface area (Å²) < 4.78 is 0. The molecule has 8 nitrogen and oxygen atoms in total. The van der Waals surface area contributed by atoms with Crippen molar-refractivity contribution in [1.82, 2.24) is 14.7 Å². The minimum Gasteiger partial charge on any atom is -0.342 e. The molecule has 0 bridgehead atoms. The summed E-state index contributed by atoms with van der Waals surface area (Å²) in [5.74, 6) is -0.743. The minimum atomic E-state index is -0.785. The Labute approximate surface area is 170 Å². The Morgan fingerprint density at radius 1 is 1.17 bits per heavy atom. The van der Waals surface area contributed by atoms with Crippen molar-refractivity contribution in [3.63, 3.8) is 0 Å². The van der Waals surface area contributed by atoms with Crippen LogP contribution in [0.5, 0.6) is 0 Å². The number of anilines is 1. The van der Waals surface area contributed by atoms with Gasteiger partial charge >= 0.3 is 6.03 Å². The number of hydrogen-bond donors (Lipinski definition) is 1. The van der Waals surface area contributed by atoms with Gasteiger partial charge in [-0.05, 0) is 30.5 Å². The van der Waals surface area contributed by atoms with Gasteiger partial charge in [-0.15, -0.1) is 0 Å². The van der Waals surface area contributed by atoms with E-state index in [4.69, 9.17) is 0 Å². The Hall–Kier alpha value is -2.90. The van der Waals surface area contributed by atoms with Crippen molar-refractivity contribution in [2.45, 2.75) is 51.1 Å². The number of amides is 5. The highest BCUT2D eigenvalue weighted by molar-refractivity contribution is 6.10. The van der Waals surface area contributed by atoms with E-state index in [-0.39, 0.29) is 18.4 Å². The van der Waals surface area contributed by atoms with Gasteiger partial charge in [0.1, 0.15) is 12.1 Å². The summed E-state index contributed by atoms with van der Waals surface area (Å²) in [5, 5.41) is 2.75. The Balaban J connectivity index is 1.66. The van der Waals surface area contributed by atoms with Gasteiger partial charge in [-0.3, -0.25) is 19.3 Å². The molecule has 2 aliphatic rings. The second-order valence-electron chi connectivity index (χ2n) is 7.95.